The number of aromatic nitrogens is 2. The topological polar surface area (TPSA) is 68.0 Å². The van der Waals surface area contributed by atoms with Crippen LogP contribution in [0, 0.1) is 0 Å². The first-order valence-corrected chi connectivity index (χ1v) is 9.36. The zero-order chi connectivity index (χ0) is 17.8. The molecule has 1 N–H and O–H groups in total. The number of anilines is 1. The number of nitrogens with zero attached hydrogens (tertiary/aromatic N) is 2. The van der Waals surface area contributed by atoms with Crippen LogP contribution in [0.15, 0.2) is 62.3 Å². The van der Waals surface area contributed by atoms with Crippen molar-refractivity contribution in [3.05, 3.63) is 58.6 Å². The molecule has 0 saturated carbocycles. The summed E-state index contributed by atoms with van der Waals surface area (Å²) in [6.45, 7) is 4.22. The quantitative estimate of drug-likeness (QED) is 0.573. The van der Waals surface area contributed by atoms with Crippen molar-refractivity contribution in [1.29, 1.82) is 0 Å². The van der Waals surface area contributed by atoms with Crippen molar-refractivity contribution >= 4 is 39.6 Å². The Morgan fingerprint density at radius 1 is 1.16 bits per heavy atom. The van der Waals surface area contributed by atoms with E-state index in [1.807, 2.05) is 42.5 Å². The molecule has 7 heteroatoms. The molecule has 0 bridgehead atoms. The van der Waals surface area contributed by atoms with E-state index in [2.05, 4.69) is 45.3 Å². The lowest BCUT2D eigenvalue weighted by Gasteiger charge is -2.06. The van der Waals surface area contributed by atoms with Crippen molar-refractivity contribution in [3.63, 3.8) is 0 Å². The molecule has 0 radical (unpaired) electrons. The minimum Gasteiger partial charge on any atom is -0.403 e. The Morgan fingerprint density at radius 3 is 2.64 bits per heavy atom. The highest BCUT2D eigenvalue weighted by atomic mass is 79.9. The number of carbonyl (C=O) groups is 1. The number of amides is 1. The van der Waals surface area contributed by atoms with Crippen LogP contribution in [0.4, 0.5) is 6.01 Å². The Morgan fingerprint density at radius 2 is 1.92 bits per heavy atom. The van der Waals surface area contributed by atoms with Crippen molar-refractivity contribution in [2.45, 2.75) is 24.0 Å². The van der Waals surface area contributed by atoms with E-state index in [1.54, 1.807) is 17.8 Å². The van der Waals surface area contributed by atoms with Crippen LogP contribution in [0.5, 0.6) is 0 Å². The van der Waals surface area contributed by atoms with Gasteiger partial charge in [0.25, 0.3) is 5.91 Å². The molecule has 0 unspecified atom stereocenters. The highest BCUT2D eigenvalue weighted by molar-refractivity contribution is 9.10. The Balaban J connectivity index is 1.72. The summed E-state index contributed by atoms with van der Waals surface area (Å²) in [4.78, 5) is 13.4. The number of thioether (sulfide) groups is 1. The molecule has 0 saturated heterocycles. The highest BCUT2D eigenvalue weighted by Gasteiger charge is 2.13. The van der Waals surface area contributed by atoms with Crippen LogP contribution in [-0.2, 0) is 0 Å². The number of benzene rings is 2. The van der Waals surface area contributed by atoms with Crippen LogP contribution in [0.2, 0.25) is 0 Å². The first kappa shape index (κ1) is 17.7. The maximum Gasteiger partial charge on any atom is 0.322 e. The molecular weight excluding hydrogens is 402 g/mol. The average Bonchev–Trinajstić information content (AvgIpc) is 3.03. The van der Waals surface area contributed by atoms with Crippen LogP contribution < -0.4 is 5.32 Å². The lowest BCUT2D eigenvalue weighted by Crippen LogP contribution is -2.12. The van der Waals surface area contributed by atoms with E-state index < -0.39 is 0 Å². The number of rotatable bonds is 5. The molecule has 0 aliphatic heterocycles. The summed E-state index contributed by atoms with van der Waals surface area (Å²) >= 11 is 5.08. The van der Waals surface area contributed by atoms with Gasteiger partial charge in [-0.1, -0.05) is 40.9 Å². The maximum atomic E-state index is 12.4. The molecule has 128 valence electrons. The number of halogens is 1. The van der Waals surface area contributed by atoms with E-state index in [-0.39, 0.29) is 11.9 Å². The van der Waals surface area contributed by atoms with Crippen molar-refractivity contribution in [2.24, 2.45) is 0 Å². The number of carbonyl (C=O) groups excluding carboxylic acids is 1. The van der Waals surface area contributed by atoms with Gasteiger partial charge in [0.05, 0.1) is 0 Å². The summed E-state index contributed by atoms with van der Waals surface area (Å²) in [5, 5.41) is 10.9. The van der Waals surface area contributed by atoms with E-state index in [4.69, 9.17) is 4.42 Å². The molecular formula is C18H16BrN3O2S. The monoisotopic (exact) mass is 417 g/mol. The van der Waals surface area contributed by atoms with Gasteiger partial charge in [0.15, 0.2) is 0 Å². The summed E-state index contributed by atoms with van der Waals surface area (Å²) < 4.78 is 6.48. The molecule has 1 aromatic heterocycles. The van der Waals surface area contributed by atoms with Gasteiger partial charge in [-0.3, -0.25) is 10.1 Å². The van der Waals surface area contributed by atoms with Gasteiger partial charge >= 0.3 is 6.01 Å². The normalized spacial score (nSPS) is 10.9. The minimum absolute atomic E-state index is 0.0739. The van der Waals surface area contributed by atoms with E-state index in [0.717, 1.165) is 14.9 Å². The number of hydrogen-bond acceptors (Lipinski definition) is 5. The van der Waals surface area contributed by atoms with Gasteiger partial charge in [-0.05, 0) is 42.5 Å². The first-order chi connectivity index (χ1) is 12.0. The SMILES string of the molecule is CC(C)Sc1cccc(C(=O)Nc2nnc(-c3ccc(Br)cc3)o2)c1. The fourth-order valence-electron chi connectivity index (χ4n) is 2.13. The lowest BCUT2D eigenvalue weighted by molar-refractivity contribution is 0.102. The van der Waals surface area contributed by atoms with Gasteiger partial charge < -0.3 is 4.42 Å². The van der Waals surface area contributed by atoms with Crippen molar-refractivity contribution < 1.29 is 9.21 Å². The Bertz CT molecular complexity index is 878. The second-order valence-electron chi connectivity index (χ2n) is 5.57. The van der Waals surface area contributed by atoms with Gasteiger partial charge in [0, 0.05) is 25.7 Å². The predicted octanol–water partition coefficient (Wildman–Crippen LogP) is 5.25. The predicted molar refractivity (Wildman–Crippen MR) is 103 cm³/mol. The van der Waals surface area contributed by atoms with Gasteiger partial charge in [-0.15, -0.1) is 16.9 Å². The van der Waals surface area contributed by atoms with Crippen LogP contribution in [-0.4, -0.2) is 21.4 Å². The zero-order valence-corrected chi connectivity index (χ0v) is 16.1. The highest BCUT2D eigenvalue weighted by Crippen LogP contribution is 2.25. The number of nitrogens with one attached hydrogen (secondary N) is 1. The summed E-state index contributed by atoms with van der Waals surface area (Å²) in [6.07, 6.45) is 0. The Hall–Kier alpha value is -2.12. The molecule has 3 aromatic rings. The molecule has 0 atom stereocenters. The Kier molecular flexibility index (Phi) is 5.55. The van der Waals surface area contributed by atoms with Crippen LogP contribution >= 0.6 is 27.7 Å². The van der Waals surface area contributed by atoms with Crippen LogP contribution in [0.3, 0.4) is 0 Å². The zero-order valence-electron chi connectivity index (χ0n) is 13.7. The van der Waals surface area contributed by atoms with Gasteiger partial charge in [0.2, 0.25) is 5.89 Å². The molecule has 0 fully saturated rings. The molecule has 2 aromatic carbocycles. The van der Waals surface area contributed by atoms with Crippen molar-refractivity contribution in [2.75, 3.05) is 5.32 Å². The summed E-state index contributed by atoms with van der Waals surface area (Å²) in [5.74, 6) is 0.0733. The third kappa shape index (κ3) is 4.70. The van der Waals surface area contributed by atoms with Crippen LogP contribution in [0.25, 0.3) is 11.5 Å². The van der Waals surface area contributed by atoms with Gasteiger partial charge in [-0.2, -0.15) is 0 Å². The molecule has 0 aliphatic carbocycles. The second kappa shape index (κ2) is 7.84. The van der Waals surface area contributed by atoms with Gasteiger partial charge in [-0.25, -0.2) is 0 Å². The maximum absolute atomic E-state index is 12.4. The van der Waals surface area contributed by atoms with E-state index >= 15 is 0 Å². The molecule has 1 heterocycles. The third-order valence-corrected chi connectivity index (χ3v) is 4.73. The van der Waals surface area contributed by atoms with E-state index in [1.165, 1.54) is 0 Å². The van der Waals surface area contributed by atoms with E-state index in [0.29, 0.717) is 16.7 Å². The molecule has 0 aliphatic rings. The Labute approximate surface area is 158 Å². The average molecular weight is 418 g/mol. The largest absolute Gasteiger partial charge is 0.403 e. The van der Waals surface area contributed by atoms with Gasteiger partial charge in [0.1, 0.15) is 0 Å². The smallest absolute Gasteiger partial charge is 0.322 e. The summed E-state index contributed by atoms with van der Waals surface area (Å²) in [7, 11) is 0. The molecule has 0 spiro atoms. The summed E-state index contributed by atoms with van der Waals surface area (Å²) in [6, 6.07) is 15.0. The molecule has 25 heavy (non-hydrogen) atoms. The first-order valence-electron chi connectivity index (χ1n) is 7.69. The van der Waals surface area contributed by atoms with Crippen molar-refractivity contribution in [1.82, 2.24) is 10.2 Å². The molecule has 3 rings (SSSR count). The fraction of sp³-hybridized carbons (Fsp3) is 0.167. The lowest BCUT2D eigenvalue weighted by atomic mass is 10.2. The van der Waals surface area contributed by atoms with E-state index in [9.17, 15) is 4.79 Å². The van der Waals surface area contributed by atoms with Crippen LogP contribution in [0.1, 0.15) is 24.2 Å². The molecule has 5 nitrogen and oxygen atoms in total. The minimum atomic E-state index is -0.280. The number of hydrogen-bond donors (Lipinski definition) is 1. The third-order valence-electron chi connectivity index (χ3n) is 3.20. The fourth-order valence-corrected chi connectivity index (χ4v) is 3.30. The molecule has 1 amide bonds. The van der Waals surface area contributed by atoms with Crippen molar-refractivity contribution in [3.8, 4) is 11.5 Å². The standard InChI is InChI=1S/C18H16BrN3O2S/c1-11(2)25-15-5-3-4-13(10-15)16(23)20-18-22-21-17(24-18)12-6-8-14(19)9-7-12/h3-11H,1-2H3,(H,20,22,23). The second-order valence-corrected chi connectivity index (χ2v) is 8.13. The summed E-state index contributed by atoms with van der Waals surface area (Å²) in [5.41, 5.74) is 1.33.